The molecule has 2 aromatic heterocycles. The number of hydrogen-bond donors (Lipinski definition) is 2. The number of H-pyrrole nitrogens is 1. The number of fused-ring (bicyclic) bond motifs is 1. The number of hydrogen-bond acceptors (Lipinski definition) is 4. The minimum absolute atomic E-state index is 0.0446. The van der Waals surface area contributed by atoms with Crippen LogP contribution in [0, 0.1) is 6.92 Å². The van der Waals surface area contributed by atoms with Crippen LogP contribution in [0.3, 0.4) is 0 Å². The molecule has 2 heterocycles. The van der Waals surface area contributed by atoms with E-state index >= 15 is 0 Å². The Labute approximate surface area is 196 Å². The van der Waals surface area contributed by atoms with Gasteiger partial charge in [0, 0.05) is 29.2 Å². The average Bonchev–Trinajstić information content (AvgIpc) is 3.46. The van der Waals surface area contributed by atoms with Gasteiger partial charge in [0.25, 0.3) is 0 Å². The molecular weight excluding hydrogens is 430 g/mol. The lowest BCUT2D eigenvalue weighted by atomic mass is 10.1. The van der Waals surface area contributed by atoms with Crippen molar-refractivity contribution in [2.24, 2.45) is 0 Å². The predicted octanol–water partition coefficient (Wildman–Crippen LogP) is 5.13. The van der Waals surface area contributed by atoms with E-state index in [1.54, 1.807) is 0 Å². The van der Waals surface area contributed by atoms with Crippen LogP contribution in [0.15, 0.2) is 90.2 Å². The van der Waals surface area contributed by atoms with E-state index < -0.39 is 0 Å². The lowest BCUT2D eigenvalue weighted by molar-refractivity contribution is -0.118. The number of aryl methyl sites for hydroxylation is 1. The number of aromatic nitrogens is 4. The van der Waals surface area contributed by atoms with Crippen LogP contribution in [0.25, 0.3) is 28.0 Å². The van der Waals surface area contributed by atoms with Crippen molar-refractivity contribution < 1.29 is 4.79 Å². The van der Waals surface area contributed by atoms with Crippen LogP contribution in [-0.2, 0) is 11.3 Å². The van der Waals surface area contributed by atoms with E-state index in [0.717, 1.165) is 39.1 Å². The van der Waals surface area contributed by atoms with Gasteiger partial charge >= 0.3 is 0 Å². The van der Waals surface area contributed by atoms with Gasteiger partial charge in [0.15, 0.2) is 11.0 Å². The van der Waals surface area contributed by atoms with Crippen LogP contribution in [0.1, 0.15) is 11.1 Å². The topological polar surface area (TPSA) is 75.6 Å². The molecule has 0 aliphatic heterocycles. The molecule has 7 heteroatoms. The fourth-order valence-electron chi connectivity index (χ4n) is 3.80. The second-order valence-corrected chi connectivity index (χ2v) is 8.67. The zero-order chi connectivity index (χ0) is 22.6. The summed E-state index contributed by atoms with van der Waals surface area (Å²) in [4.78, 5) is 15.8. The molecule has 0 fully saturated rings. The molecule has 3 aromatic carbocycles. The molecule has 0 aliphatic rings. The largest absolute Gasteiger partial charge is 0.360 e. The molecule has 0 atom stereocenters. The first kappa shape index (κ1) is 21.0. The SMILES string of the molecule is Cc1ccccc1-n1c(SCC(=O)NCc2ccccc2)nnc1-c1c[nH]c2ccccc12. The Balaban J connectivity index is 1.44. The highest BCUT2D eigenvalue weighted by atomic mass is 32.2. The van der Waals surface area contributed by atoms with Crippen LogP contribution >= 0.6 is 11.8 Å². The van der Waals surface area contributed by atoms with Gasteiger partial charge in [-0.2, -0.15) is 0 Å². The Kier molecular flexibility index (Phi) is 5.95. The van der Waals surface area contributed by atoms with Gasteiger partial charge < -0.3 is 10.3 Å². The molecule has 0 saturated heterocycles. The minimum Gasteiger partial charge on any atom is -0.360 e. The van der Waals surface area contributed by atoms with Gasteiger partial charge in [0.1, 0.15) is 0 Å². The summed E-state index contributed by atoms with van der Waals surface area (Å²) >= 11 is 1.38. The number of thioether (sulfide) groups is 1. The molecule has 0 unspecified atom stereocenters. The molecular formula is C26H23N5OS. The third-order valence-corrected chi connectivity index (χ3v) is 6.41. The summed E-state index contributed by atoms with van der Waals surface area (Å²) < 4.78 is 2.04. The van der Waals surface area contributed by atoms with Crippen molar-refractivity contribution in [3.63, 3.8) is 0 Å². The van der Waals surface area contributed by atoms with E-state index in [9.17, 15) is 4.79 Å². The number of rotatable bonds is 7. The fourth-order valence-corrected chi connectivity index (χ4v) is 4.58. The number of carbonyl (C=O) groups is 1. The van der Waals surface area contributed by atoms with Crippen molar-refractivity contribution in [2.75, 3.05) is 5.75 Å². The molecule has 0 aliphatic carbocycles. The van der Waals surface area contributed by atoms with Gasteiger partial charge in [-0.1, -0.05) is 78.5 Å². The van der Waals surface area contributed by atoms with Crippen molar-refractivity contribution in [3.05, 3.63) is 96.2 Å². The maximum atomic E-state index is 12.5. The van der Waals surface area contributed by atoms with Crippen molar-refractivity contribution in [1.82, 2.24) is 25.1 Å². The second kappa shape index (κ2) is 9.34. The van der Waals surface area contributed by atoms with E-state index in [-0.39, 0.29) is 11.7 Å². The summed E-state index contributed by atoms with van der Waals surface area (Å²) in [6, 6.07) is 26.1. The summed E-state index contributed by atoms with van der Waals surface area (Å²) in [5, 5.41) is 13.7. The predicted molar refractivity (Wildman–Crippen MR) is 132 cm³/mol. The average molecular weight is 454 g/mol. The van der Waals surface area contributed by atoms with E-state index in [0.29, 0.717) is 11.7 Å². The van der Waals surface area contributed by atoms with Gasteiger partial charge in [-0.05, 0) is 30.2 Å². The van der Waals surface area contributed by atoms with E-state index in [4.69, 9.17) is 0 Å². The van der Waals surface area contributed by atoms with Crippen molar-refractivity contribution in [1.29, 1.82) is 0 Å². The lowest BCUT2D eigenvalue weighted by Crippen LogP contribution is -2.24. The minimum atomic E-state index is -0.0446. The Hall–Kier alpha value is -3.84. The summed E-state index contributed by atoms with van der Waals surface area (Å²) in [7, 11) is 0. The highest BCUT2D eigenvalue weighted by molar-refractivity contribution is 7.99. The second-order valence-electron chi connectivity index (χ2n) is 7.73. The number of aromatic amines is 1. The number of benzene rings is 3. The van der Waals surface area contributed by atoms with Crippen LogP contribution in [-0.4, -0.2) is 31.4 Å². The van der Waals surface area contributed by atoms with Crippen LogP contribution in [0.5, 0.6) is 0 Å². The number of nitrogens with zero attached hydrogens (tertiary/aromatic N) is 3. The Morgan fingerprint density at radius 1 is 0.970 bits per heavy atom. The Morgan fingerprint density at radius 2 is 1.73 bits per heavy atom. The van der Waals surface area contributed by atoms with Gasteiger partial charge in [0.05, 0.1) is 11.4 Å². The van der Waals surface area contributed by atoms with E-state index in [2.05, 4.69) is 45.6 Å². The third-order valence-electron chi connectivity index (χ3n) is 5.48. The lowest BCUT2D eigenvalue weighted by Gasteiger charge is -2.12. The van der Waals surface area contributed by atoms with Crippen molar-refractivity contribution in [3.8, 4) is 17.1 Å². The van der Waals surface area contributed by atoms with Crippen LogP contribution in [0.2, 0.25) is 0 Å². The fraction of sp³-hybridized carbons (Fsp3) is 0.115. The van der Waals surface area contributed by atoms with Crippen LogP contribution in [0.4, 0.5) is 0 Å². The summed E-state index contributed by atoms with van der Waals surface area (Å²) in [5.41, 5.74) is 5.19. The van der Waals surface area contributed by atoms with Gasteiger partial charge in [-0.15, -0.1) is 10.2 Å². The molecule has 0 bridgehead atoms. The van der Waals surface area contributed by atoms with E-state index in [1.165, 1.54) is 11.8 Å². The summed E-state index contributed by atoms with van der Waals surface area (Å²) in [6.07, 6.45) is 1.96. The smallest absolute Gasteiger partial charge is 0.230 e. The summed E-state index contributed by atoms with van der Waals surface area (Å²) in [6.45, 7) is 2.57. The molecule has 33 heavy (non-hydrogen) atoms. The highest BCUT2D eigenvalue weighted by Crippen LogP contribution is 2.33. The third kappa shape index (κ3) is 4.40. The monoisotopic (exact) mass is 453 g/mol. The standard InChI is InChI=1S/C26H23N5OS/c1-18-9-5-8-14-23(18)31-25(21-16-27-22-13-7-6-12-20(21)22)29-30-26(31)33-17-24(32)28-15-19-10-3-2-4-11-19/h2-14,16,27H,15,17H2,1H3,(H,28,32). The molecule has 5 rings (SSSR count). The number of carbonyl (C=O) groups excluding carboxylic acids is 1. The number of amides is 1. The number of para-hydroxylation sites is 2. The molecule has 0 spiro atoms. The Bertz CT molecular complexity index is 1410. The van der Waals surface area contributed by atoms with Gasteiger partial charge in [0.2, 0.25) is 5.91 Å². The summed E-state index contributed by atoms with van der Waals surface area (Å²) in [5.74, 6) is 0.954. The van der Waals surface area contributed by atoms with Gasteiger partial charge in [-0.3, -0.25) is 9.36 Å². The normalized spacial score (nSPS) is 11.1. The van der Waals surface area contributed by atoms with Gasteiger partial charge in [-0.25, -0.2) is 0 Å². The van der Waals surface area contributed by atoms with Crippen molar-refractivity contribution >= 4 is 28.6 Å². The van der Waals surface area contributed by atoms with E-state index in [1.807, 2.05) is 71.4 Å². The van der Waals surface area contributed by atoms with Crippen molar-refractivity contribution in [2.45, 2.75) is 18.6 Å². The molecule has 6 nitrogen and oxygen atoms in total. The molecule has 0 saturated carbocycles. The Morgan fingerprint density at radius 3 is 2.58 bits per heavy atom. The quantitative estimate of drug-likeness (QED) is 0.335. The molecule has 2 N–H and O–H groups in total. The van der Waals surface area contributed by atoms with Crippen LogP contribution < -0.4 is 5.32 Å². The maximum Gasteiger partial charge on any atom is 0.230 e. The highest BCUT2D eigenvalue weighted by Gasteiger charge is 2.20. The number of nitrogens with one attached hydrogen (secondary N) is 2. The first-order valence-electron chi connectivity index (χ1n) is 10.7. The zero-order valence-corrected chi connectivity index (χ0v) is 19.0. The molecule has 1 amide bonds. The first-order chi connectivity index (χ1) is 16.2. The molecule has 5 aromatic rings. The molecule has 0 radical (unpaired) electrons. The first-order valence-corrected chi connectivity index (χ1v) is 11.7. The maximum absolute atomic E-state index is 12.5. The zero-order valence-electron chi connectivity index (χ0n) is 18.2. The molecule has 164 valence electrons.